The average Bonchev–Trinajstić information content (AvgIpc) is 3.24. The van der Waals surface area contributed by atoms with Gasteiger partial charge in [-0.3, -0.25) is 9.58 Å². The molecule has 7 nitrogen and oxygen atoms in total. The highest BCUT2D eigenvalue weighted by atomic mass is 15.6. The molecule has 1 aliphatic heterocycles. The summed E-state index contributed by atoms with van der Waals surface area (Å²) in [6.07, 6.45) is 2.59. The molecule has 1 aromatic carbocycles. The van der Waals surface area contributed by atoms with Crippen molar-refractivity contribution in [2.75, 3.05) is 6.54 Å². The zero-order valence-electron chi connectivity index (χ0n) is 15.3. The summed E-state index contributed by atoms with van der Waals surface area (Å²) in [5, 5.41) is 17.3. The van der Waals surface area contributed by atoms with Crippen LogP contribution in [0.15, 0.2) is 24.3 Å². The third-order valence-corrected chi connectivity index (χ3v) is 5.44. The molecule has 2 aliphatic rings. The van der Waals surface area contributed by atoms with Crippen LogP contribution in [0.3, 0.4) is 0 Å². The highest BCUT2D eigenvalue weighted by molar-refractivity contribution is 5.46. The molecule has 1 aliphatic carbocycles. The van der Waals surface area contributed by atoms with E-state index in [0.717, 1.165) is 37.7 Å². The van der Waals surface area contributed by atoms with Crippen LogP contribution in [-0.2, 0) is 19.6 Å². The molecular weight excluding hydrogens is 326 g/mol. The normalized spacial score (nSPS) is 17.5. The summed E-state index contributed by atoms with van der Waals surface area (Å²) in [6, 6.07) is 8.57. The van der Waals surface area contributed by atoms with E-state index in [1.807, 2.05) is 4.68 Å². The molecule has 26 heavy (non-hydrogen) atoms. The van der Waals surface area contributed by atoms with Crippen LogP contribution in [0.2, 0.25) is 0 Å². The molecule has 0 amide bonds. The quantitative estimate of drug-likeness (QED) is 0.723. The number of aromatic nitrogens is 6. The van der Waals surface area contributed by atoms with Gasteiger partial charge in [-0.2, -0.15) is 9.78 Å². The maximum atomic E-state index is 4.78. The Hall–Kier alpha value is -2.54. The lowest BCUT2D eigenvalue weighted by Crippen LogP contribution is -2.34. The molecule has 3 heterocycles. The van der Waals surface area contributed by atoms with E-state index in [4.69, 9.17) is 5.10 Å². The molecule has 0 spiro atoms. The number of benzene rings is 1. The summed E-state index contributed by atoms with van der Waals surface area (Å²) in [5.74, 6) is 1.59. The Morgan fingerprint density at radius 3 is 2.69 bits per heavy atom. The number of rotatable bonds is 4. The van der Waals surface area contributed by atoms with Crippen molar-refractivity contribution in [3.8, 4) is 5.69 Å². The first-order valence-electron chi connectivity index (χ1n) is 9.32. The van der Waals surface area contributed by atoms with Gasteiger partial charge in [0.2, 0.25) is 0 Å². The summed E-state index contributed by atoms with van der Waals surface area (Å²) in [6.45, 7) is 7.76. The summed E-state index contributed by atoms with van der Waals surface area (Å²) >= 11 is 0. The Morgan fingerprint density at radius 1 is 1.12 bits per heavy atom. The molecular formula is C19H23N7. The van der Waals surface area contributed by atoms with Crippen LogP contribution in [0.1, 0.15) is 47.1 Å². The number of hydrogen-bond donors (Lipinski definition) is 0. The topological polar surface area (TPSA) is 64.7 Å². The Kier molecular flexibility index (Phi) is 3.63. The van der Waals surface area contributed by atoms with E-state index in [-0.39, 0.29) is 0 Å². The van der Waals surface area contributed by atoms with Crippen LogP contribution < -0.4 is 0 Å². The first kappa shape index (κ1) is 15.7. The predicted octanol–water partition coefficient (Wildman–Crippen LogP) is 2.37. The first-order valence-corrected chi connectivity index (χ1v) is 9.32. The summed E-state index contributed by atoms with van der Waals surface area (Å²) in [5.41, 5.74) is 6.05. The van der Waals surface area contributed by atoms with Gasteiger partial charge in [0.05, 0.1) is 30.2 Å². The zero-order chi connectivity index (χ0) is 17.7. The molecule has 5 rings (SSSR count). The minimum atomic E-state index is 0.706. The Labute approximate surface area is 152 Å². The molecule has 0 N–H and O–H groups in total. The minimum Gasteiger partial charge on any atom is -0.288 e. The van der Waals surface area contributed by atoms with Gasteiger partial charge in [0.15, 0.2) is 5.82 Å². The van der Waals surface area contributed by atoms with Crippen LogP contribution in [0.25, 0.3) is 5.69 Å². The second-order valence-corrected chi connectivity index (χ2v) is 7.52. The number of nitrogens with zero attached hydrogens (tertiary/aromatic N) is 7. The lowest BCUT2D eigenvalue weighted by molar-refractivity contribution is 0.199. The molecule has 0 atom stereocenters. The Bertz CT molecular complexity index is 930. The third-order valence-electron chi connectivity index (χ3n) is 5.44. The van der Waals surface area contributed by atoms with Crippen LogP contribution in [0, 0.1) is 13.8 Å². The molecule has 0 bridgehead atoms. The molecule has 3 aromatic rings. The van der Waals surface area contributed by atoms with Crippen molar-refractivity contribution in [2.45, 2.75) is 52.2 Å². The maximum Gasteiger partial charge on any atom is 0.170 e. The fourth-order valence-electron chi connectivity index (χ4n) is 3.87. The van der Waals surface area contributed by atoms with Crippen molar-refractivity contribution in [3.63, 3.8) is 0 Å². The molecule has 0 saturated heterocycles. The summed E-state index contributed by atoms with van der Waals surface area (Å²) < 4.78 is 4.07. The van der Waals surface area contributed by atoms with Gasteiger partial charge in [-0.1, -0.05) is 18.2 Å². The molecule has 0 radical (unpaired) electrons. The second-order valence-electron chi connectivity index (χ2n) is 7.52. The first-order chi connectivity index (χ1) is 12.7. The number of tetrazole rings is 1. The third kappa shape index (κ3) is 2.72. The number of aryl methyl sites for hydroxylation is 2. The molecule has 2 aromatic heterocycles. The summed E-state index contributed by atoms with van der Waals surface area (Å²) in [4.78, 5) is 2.41. The van der Waals surface area contributed by atoms with Gasteiger partial charge in [-0.15, -0.1) is 5.10 Å². The van der Waals surface area contributed by atoms with Crippen LogP contribution in [0.4, 0.5) is 0 Å². The smallest absolute Gasteiger partial charge is 0.170 e. The van der Waals surface area contributed by atoms with Gasteiger partial charge in [0, 0.05) is 19.0 Å². The van der Waals surface area contributed by atoms with Crippen molar-refractivity contribution >= 4 is 0 Å². The summed E-state index contributed by atoms with van der Waals surface area (Å²) in [7, 11) is 0. The molecule has 7 heteroatoms. The Balaban J connectivity index is 1.38. The van der Waals surface area contributed by atoms with Gasteiger partial charge < -0.3 is 0 Å². The average molecular weight is 349 g/mol. The molecule has 1 fully saturated rings. The molecule has 1 saturated carbocycles. The van der Waals surface area contributed by atoms with Gasteiger partial charge in [0.25, 0.3) is 0 Å². The van der Waals surface area contributed by atoms with E-state index >= 15 is 0 Å². The van der Waals surface area contributed by atoms with Crippen LogP contribution >= 0.6 is 0 Å². The second kappa shape index (κ2) is 6.02. The van der Waals surface area contributed by atoms with Crippen molar-refractivity contribution in [3.05, 3.63) is 52.6 Å². The number of hydrogen-bond acceptors (Lipinski definition) is 5. The Morgan fingerprint density at radius 2 is 1.92 bits per heavy atom. The SMILES string of the molecule is Cc1cccc(C)c1-n1nnnc1CN1CCn2nc(C3CC3)cc2C1. The fraction of sp³-hybridized carbons (Fsp3) is 0.474. The minimum absolute atomic E-state index is 0.706. The lowest BCUT2D eigenvalue weighted by Gasteiger charge is -2.27. The maximum absolute atomic E-state index is 4.78. The highest BCUT2D eigenvalue weighted by Crippen LogP contribution is 2.39. The zero-order valence-corrected chi connectivity index (χ0v) is 15.3. The number of fused-ring (bicyclic) bond motifs is 1. The van der Waals surface area contributed by atoms with Crippen molar-refractivity contribution in [1.82, 2.24) is 34.9 Å². The lowest BCUT2D eigenvalue weighted by atomic mass is 10.1. The van der Waals surface area contributed by atoms with E-state index in [1.165, 1.54) is 35.4 Å². The van der Waals surface area contributed by atoms with Crippen LogP contribution in [-0.4, -0.2) is 41.4 Å². The number of para-hydroxylation sites is 1. The van der Waals surface area contributed by atoms with E-state index in [1.54, 1.807) is 0 Å². The monoisotopic (exact) mass is 349 g/mol. The van der Waals surface area contributed by atoms with Crippen LogP contribution in [0.5, 0.6) is 0 Å². The van der Waals surface area contributed by atoms with Crippen molar-refractivity contribution in [1.29, 1.82) is 0 Å². The fourth-order valence-corrected chi connectivity index (χ4v) is 3.87. The standard InChI is InChI=1S/C19H23N7/c1-13-4-3-5-14(2)19(13)26-18(20-22-23-26)12-24-8-9-25-16(11-24)10-17(21-25)15-6-7-15/h3-5,10,15H,6-9,11-12H2,1-2H3. The predicted molar refractivity (Wildman–Crippen MR) is 96.9 cm³/mol. The molecule has 134 valence electrons. The van der Waals surface area contributed by atoms with E-state index in [0.29, 0.717) is 5.92 Å². The van der Waals surface area contributed by atoms with Gasteiger partial charge in [-0.25, -0.2) is 0 Å². The van der Waals surface area contributed by atoms with Crippen molar-refractivity contribution in [2.24, 2.45) is 0 Å². The highest BCUT2D eigenvalue weighted by Gasteiger charge is 2.29. The van der Waals surface area contributed by atoms with E-state index in [9.17, 15) is 0 Å². The van der Waals surface area contributed by atoms with Gasteiger partial charge in [0.1, 0.15) is 0 Å². The molecule has 0 unspecified atom stereocenters. The largest absolute Gasteiger partial charge is 0.288 e. The van der Waals surface area contributed by atoms with E-state index in [2.05, 4.69) is 63.2 Å². The van der Waals surface area contributed by atoms with Gasteiger partial charge in [-0.05, 0) is 54.3 Å². The van der Waals surface area contributed by atoms with E-state index < -0.39 is 0 Å². The van der Waals surface area contributed by atoms with Crippen molar-refractivity contribution < 1.29 is 0 Å². The van der Waals surface area contributed by atoms with Gasteiger partial charge >= 0.3 is 0 Å².